The minimum absolute atomic E-state index is 0.636. The summed E-state index contributed by atoms with van der Waals surface area (Å²) >= 11 is 0. The van der Waals surface area contributed by atoms with Crippen LogP contribution in [0.4, 0.5) is 5.95 Å². The van der Waals surface area contributed by atoms with E-state index in [0.29, 0.717) is 5.92 Å². The van der Waals surface area contributed by atoms with Gasteiger partial charge in [-0.3, -0.25) is 0 Å². The number of hydrogen-bond acceptors (Lipinski definition) is 4. The molecule has 0 spiro atoms. The van der Waals surface area contributed by atoms with Gasteiger partial charge in [0.1, 0.15) is 0 Å². The lowest BCUT2D eigenvalue weighted by atomic mass is 9.91. The van der Waals surface area contributed by atoms with Crippen molar-refractivity contribution in [2.75, 3.05) is 18.0 Å². The van der Waals surface area contributed by atoms with Crippen molar-refractivity contribution >= 4 is 5.95 Å². The number of benzene rings is 2. The van der Waals surface area contributed by atoms with E-state index in [1.807, 2.05) is 35.0 Å². The molecule has 5 nitrogen and oxygen atoms in total. The van der Waals surface area contributed by atoms with Crippen LogP contribution >= 0.6 is 0 Å². The van der Waals surface area contributed by atoms with Crippen LogP contribution in [0, 0.1) is 12.8 Å². The summed E-state index contributed by atoms with van der Waals surface area (Å²) in [6.07, 6.45) is 3.55. The van der Waals surface area contributed by atoms with Crippen LogP contribution in [0.2, 0.25) is 0 Å². The molecule has 1 unspecified atom stereocenters. The monoisotopic (exact) mass is 333 g/mol. The third kappa shape index (κ3) is 3.55. The molecule has 3 aromatic rings. The molecule has 2 aromatic carbocycles. The van der Waals surface area contributed by atoms with Gasteiger partial charge in [-0.25, -0.2) is 0 Å². The number of para-hydroxylation sites is 1. The van der Waals surface area contributed by atoms with E-state index < -0.39 is 0 Å². The summed E-state index contributed by atoms with van der Waals surface area (Å²) < 4.78 is 1.84. The van der Waals surface area contributed by atoms with Crippen LogP contribution in [0.15, 0.2) is 54.6 Å². The molecule has 128 valence electrons. The summed E-state index contributed by atoms with van der Waals surface area (Å²) in [6, 6.07) is 19.0. The first kappa shape index (κ1) is 15.8. The number of rotatable bonds is 4. The van der Waals surface area contributed by atoms with E-state index >= 15 is 0 Å². The van der Waals surface area contributed by atoms with Gasteiger partial charge in [-0.05, 0) is 60.2 Å². The second-order valence-corrected chi connectivity index (χ2v) is 6.87. The minimum Gasteiger partial charge on any atom is -0.339 e. The molecule has 1 aliphatic rings. The number of nitrogens with zero attached hydrogens (tertiary/aromatic N) is 5. The van der Waals surface area contributed by atoms with E-state index in [1.165, 1.54) is 24.0 Å². The van der Waals surface area contributed by atoms with E-state index in [2.05, 4.69) is 51.6 Å². The fourth-order valence-electron chi connectivity index (χ4n) is 3.59. The van der Waals surface area contributed by atoms with Crippen LogP contribution in [0.1, 0.15) is 24.0 Å². The highest BCUT2D eigenvalue weighted by Gasteiger charge is 2.24. The number of aryl methyl sites for hydroxylation is 1. The van der Waals surface area contributed by atoms with Gasteiger partial charge in [0.25, 0.3) is 0 Å². The van der Waals surface area contributed by atoms with Crippen molar-refractivity contribution in [3.05, 3.63) is 65.7 Å². The van der Waals surface area contributed by atoms with Crippen LogP contribution in [0.3, 0.4) is 0 Å². The first-order valence-corrected chi connectivity index (χ1v) is 8.94. The van der Waals surface area contributed by atoms with Crippen LogP contribution < -0.4 is 4.90 Å². The fourth-order valence-corrected chi connectivity index (χ4v) is 3.59. The molecule has 1 saturated heterocycles. The standard InChI is InChI=1S/C20H23N5/c1-16-9-11-17(12-10-16)14-18-6-5-13-24(15-18)20-21-22-23-25(20)19-7-3-2-4-8-19/h2-4,7-12,18H,5-6,13-15H2,1H3. The van der Waals surface area contributed by atoms with E-state index in [9.17, 15) is 0 Å². The first-order chi connectivity index (χ1) is 12.3. The van der Waals surface area contributed by atoms with Gasteiger partial charge in [-0.2, -0.15) is 4.68 Å². The number of piperidine rings is 1. The normalized spacial score (nSPS) is 17.6. The molecule has 1 fully saturated rings. The zero-order chi connectivity index (χ0) is 17.1. The first-order valence-electron chi connectivity index (χ1n) is 8.94. The summed E-state index contributed by atoms with van der Waals surface area (Å²) in [7, 11) is 0. The lowest BCUT2D eigenvalue weighted by molar-refractivity contribution is 0.407. The second kappa shape index (κ2) is 7.05. The molecule has 0 bridgehead atoms. The predicted octanol–water partition coefficient (Wildman–Crippen LogP) is 3.43. The van der Waals surface area contributed by atoms with Crippen molar-refractivity contribution in [3.8, 4) is 5.69 Å². The number of aromatic nitrogens is 4. The maximum atomic E-state index is 4.30. The van der Waals surface area contributed by atoms with Gasteiger partial charge in [-0.1, -0.05) is 53.1 Å². The van der Waals surface area contributed by atoms with Gasteiger partial charge in [0.15, 0.2) is 0 Å². The number of hydrogen-bond donors (Lipinski definition) is 0. The number of anilines is 1. The molecule has 0 amide bonds. The van der Waals surface area contributed by atoms with Crippen LogP contribution in [-0.2, 0) is 6.42 Å². The Morgan fingerprint density at radius 3 is 2.64 bits per heavy atom. The number of tetrazole rings is 1. The van der Waals surface area contributed by atoms with Gasteiger partial charge >= 0.3 is 0 Å². The molecule has 0 radical (unpaired) electrons. The zero-order valence-corrected chi connectivity index (χ0v) is 14.5. The molecule has 0 saturated carbocycles. The van der Waals surface area contributed by atoms with Crippen molar-refractivity contribution < 1.29 is 0 Å². The van der Waals surface area contributed by atoms with Gasteiger partial charge in [-0.15, -0.1) is 0 Å². The summed E-state index contributed by atoms with van der Waals surface area (Å²) in [5.74, 6) is 1.48. The molecule has 4 rings (SSSR count). The highest BCUT2D eigenvalue weighted by atomic mass is 15.6. The molecule has 5 heteroatoms. The van der Waals surface area contributed by atoms with Crippen LogP contribution in [-0.4, -0.2) is 33.3 Å². The smallest absolute Gasteiger partial charge is 0.250 e. The predicted molar refractivity (Wildman–Crippen MR) is 99.0 cm³/mol. The fraction of sp³-hybridized carbons (Fsp3) is 0.350. The SMILES string of the molecule is Cc1ccc(CC2CCCN(c3nnnn3-c3ccccc3)C2)cc1. The minimum atomic E-state index is 0.636. The van der Waals surface area contributed by atoms with Crippen molar-refractivity contribution in [1.29, 1.82) is 0 Å². The summed E-state index contributed by atoms with van der Waals surface area (Å²) in [5, 5.41) is 12.4. The topological polar surface area (TPSA) is 46.8 Å². The van der Waals surface area contributed by atoms with E-state index in [0.717, 1.165) is 31.1 Å². The Hall–Kier alpha value is -2.69. The van der Waals surface area contributed by atoms with Gasteiger partial charge in [0.05, 0.1) is 5.69 Å². The Morgan fingerprint density at radius 1 is 1.04 bits per heavy atom. The molecule has 0 N–H and O–H groups in total. The van der Waals surface area contributed by atoms with Crippen LogP contribution in [0.5, 0.6) is 0 Å². The average molecular weight is 333 g/mol. The van der Waals surface area contributed by atoms with Crippen molar-refractivity contribution in [2.24, 2.45) is 5.92 Å². The Kier molecular flexibility index (Phi) is 4.46. The lowest BCUT2D eigenvalue weighted by Gasteiger charge is -2.33. The van der Waals surface area contributed by atoms with E-state index in [-0.39, 0.29) is 0 Å². The summed E-state index contributed by atoms with van der Waals surface area (Å²) in [6.45, 7) is 4.15. The lowest BCUT2D eigenvalue weighted by Crippen LogP contribution is -2.38. The Balaban J connectivity index is 1.50. The molecule has 2 heterocycles. The molecule has 1 atom stereocenters. The largest absolute Gasteiger partial charge is 0.339 e. The Labute approximate surface area is 148 Å². The van der Waals surface area contributed by atoms with Gasteiger partial charge in [0, 0.05) is 13.1 Å². The molecule has 25 heavy (non-hydrogen) atoms. The molecular weight excluding hydrogens is 310 g/mol. The van der Waals surface area contributed by atoms with E-state index in [4.69, 9.17) is 0 Å². The van der Waals surface area contributed by atoms with Gasteiger partial charge < -0.3 is 4.90 Å². The quantitative estimate of drug-likeness (QED) is 0.734. The second-order valence-electron chi connectivity index (χ2n) is 6.87. The Bertz CT molecular complexity index is 810. The van der Waals surface area contributed by atoms with Crippen molar-refractivity contribution in [2.45, 2.75) is 26.2 Å². The van der Waals surface area contributed by atoms with Crippen LogP contribution in [0.25, 0.3) is 5.69 Å². The zero-order valence-electron chi connectivity index (χ0n) is 14.5. The summed E-state index contributed by atoms with van der Waals surface area (Å²) in [4.78, 5) is 2.33. The average Bonchev–Trinajstić information content (AvgIpc) is 3.15. The van der Waals surface area contributed by atoms with E-state index in [1.54, 1.807) is 0 Å². The maximum absolute atomic E-state index is 4.30. The highest BCUT2D eigenvalue weighted by Crippen LogP contribution is 2.25. The third-order valence-electron chi connectivity index (χ3n) is 4.90. The molecular formula is C20H23N5. The van der Waals surface area contributed by atoms with Crippen molar-refractivity contribution in [1.82, 2.24) is 20.2 Å². The molecule has 1 aromatic heterocycles. The highest BCUT2D eigenvalue weighted by molar-refractivity contribution is 5.41. The summed E-state index contributed by atoms with van der Waals surface area (Å²) in [5.41, 5.74) is 3.74. The van der Waals surface area contributed by atoms with Gasteiger partial charge in [0.2, 0.25) is 5.95 Å². The molecule has 1 aliphatic heterocycles. The third-order valence-corrected chi connectivity index (χ3v) is 4.90. The Morgan fingerprint density at radius 2 is 1.84 bits per heavy atom. The molecule has 0 aliphatic carbocycles. The van der Waals surface area contributed by atoms with Crippen molar-refractivity contribution in [3.63, 3.8) is 0 Å². The maximum Gasteiger partial charge on any atom is 0.250 e.